The van der Waals surface area contributed by atoms with Crippen molar-refractivity contribution in [3.63, 3.8) is 0 Å². The Morgan fingerprint density at radius 2 is 1.83 bits per heavy atom. The number of hydrogen-bond donors (Lipinski definition) is 1. The topological polar surface area (TPSA) is 30.5 Å². The van der Waals surface area contributed by atoms with Gasteiger partial charge in [-0.3, -0.25) is 0 Å². The van der Waals surface area contributed by atoms with Gasteiger partial charge in [0.1, 0.15) is 6.10 Å². The number of para-hydroxylation sites is 2. The maximum Gasteiger partial charge on any atom is 0.161 e. The van der Waals surface area contributed by atoms with Crippen LogP contribution < -0.4 is 14.8 Å². The monoisotopic (exact) mass is 251 g/mol. The van der Waals surface area contributed by atoms with E-state index in [4.69, 9.17) is 9.47 Å². The van der Waals surface area contributed by atoms with Gasteiger partial charge in [-0.25, -0.2) is 0 Å². The lowest BCUT2D eigenvalue weighted by Crippen LogP contribution is -2.31. The van der Waals surface area contributed by atoms with Gasteiger partial charge in [0.2, 0.25) is 0 Å². The Labute approximate surface area is 110 Å². The second-order valence-corrected chi connectivity index (χ2v) is 4.23. The maximum absolute atomic E-state index is 6.01. The molecule has 0 amide bonds. The molecule has 0 radical (unpaired) electrons. The number of nitrogens with one attached hydrogen (secondary N) is 1. The summed E-state index contributed by atoms with van der Waals surface area (Å²) in [6, 6.07) is 7.86. The summed E-state index contributed by atoms with van der Waals surface area (Å²) in [7, 11) is 0. The zero-order valence-corrected chi connectivity index (χ0v) is 11.7. The molecule has 0 bridgehead atoms. The Morgan fingerprint density at radius 1 is 1.11 bits per heavy atom. The molecule has 0 saturated carbocycles. The van der Waals surface area contributed by atoms with Crippen LogP contribution in [0, 0.1) is 0 Å². The molecule has 1 N–H and O–H groups in total. The van der Waals surface area contributed by atoms with Crippen LogP contribution in [0.4, 0.5) is 0 Å². The highest BCUT2D eigenvalue weighted by atomic mass is 16.5. The van der Waals surface area contributed by atoms with Gasteiger partial charge in [-0.05, 0) is 38.4 Å². The average Bonchev–Trinajstić information content (AvgIpc) is 2.40. The lowest BCUT2D eigenvalue weighted by molar-refractivity contribution is 0.183. The van der Waals surface area contributed by atoms with Crippen molar-refractivity contribution >= 4 is 0 Å². The van der Waals surface area contributed by atoms with Crippen LogP contribution in [0.15, 0.2) is 24.3 Å². The molecule has 1 unspecified atom stereocenters. The van der Waals surface area contributed by atoms with Gasteiger partial charge in [-0.1, -0.05) is 26.0 Å². The highest BCUT2D eigenvalue weighted by molar-refractivity contribution is 5.39. The van der Waals surface area contributed by atoms with Crippen LogP contribution in [0.3, 0.4) is 0 Å². The maximum atomic E-state index is 6.01. The molecule has 3 heteroatoms. The summed E-state index contributed by atoms with van der Waals surface area (Å²) in [5.41, 5.74) is 0. The molecule has 0 fully saturated rings. The minimum absolute atomic E-state index is 0.193. The van der Waals surface area contributed by atoms with Crippen LogP contribution in [0.5, 0.6) is 11.5 Å². The molecule has 0 aliphatic carbocycles. The Hall–Kier alpha value is -1.22. The number of ether oxygens (including phenoxy) is 2. The number of hydrogen-bond acceptors (Lipinski definition) is 3. The van der Waals surface area contributed by atoms with Crippen molar-refractivity contribution in [3.05, 3.63) is 24.3 Å². The normalized spacial score (nSPS) is 12.2. The molecule has 0 saturated heterocycles. The van der Waals surface area contributed by atoms with E-state index in [1.807, 2.05) is 31.2 Å². The molecule has 0 aromatic heterocycles. The summed E-state index contributed by atoms with van der Waals surface area (Å²) in [5, 5.41) is 3.39. The minimum atomic E-state index is 0.193. The van der Waals surface area contributed by atoms with Gasteiger partial charge in [0.25, 0.3) is 0 Å². The Bertz CT molecular complexity index is 328. The Kier molecular flexibility index (Phi) is 7.26. The van der Waals surface area contributed by atoms with E-state index in [1.54, 1.807) is 0 Å². The first-order valence-electron chi connectivity index (χ1n) is 6.90. The molecule has 0 heterocycles. The quantitative estimate of drug-likeness (QED) is 0.683. The molecule has 0 aliphatic heterocycles. The fourth-order valence-corrected chi connectivity index (χ4v) is 1.71. The largest absolute Gasteiger partial charge is 0.490 e. The first-order valence-corrected chi connectivity index (χ1v) is 6.90. The van der Waals surface area contributed by atoms with E-state index in [9.17, 15) is 0 Å². The van der Waals surface area contributed by atoms with Crippen molar-refractivity contribution in [3.8, 4) is 11.5 Å². The molecule has 1 aromatic rings. The average molecular weight is 251 g/mol. The summed E-state index contributed by atoms with van der Waals surface area (Å²) in [6.07, 6.45) is 2.32. The van der Waals surface area contributed by atoms with E-state index in [2.05, 4.69) is 19.2 Å². The third-order valence-electron chi connectivity index (χ3n) is 2.70. The van der Waals surface area contributed by atoms with E-state index in [1.165, 1.54) is 0 Å². The summed E-state index contributed by atoms with van der Waals surface area (Å²) >= 11 is 0. The summed E-state index contributed by atoms with van der Waals surface area (Å²) in [6.45, 7) is 8.86. The van der Waals surface area contributed by atoms with Crippen LogP contribution in [0.1, 0.15) is 33.6 Å². The highest BCUT2D eigenvalue weighted by Gasteiger charge is 2.11. The lowest BCUT2D eigenvalue weighted by Gasteiger charge is -2.20. The van der Waals surface area contributed by atoms with Crippen molar-refractivity contribution in [1.29, 1.82) is 0 Å². The van der Waals surface area contributed by atoms with Gasteiger partial charge in [-0.15, -0.1) is 0 Å². The third kappa shape index (κ3) is 4.96. The Morgan fingerprint density at radius 3 is 2.44 bits per heavy atom. The second-order valence-electron chi connectivity index (χ2n) is 4.23. The van der Waals surface area contributed by atoms with E-state index < -0.39 is 0 Å². The van der Waals surface area contributed by atoms with Gasteiger partial charge < -0.3 is 14.8 Å². The van der Waals surface area contributed by atoms with E-state index in [0.717, 1.165) is 37.4 Å². The molecule has 1 rings (SSSR count). The zero-order chi connectivity index (χ0) is 13.2. The van der Waals surface area contributed by atoms with Crippen LogP contribution in [-0.2, 0) is 0 Å². The molecule has 0 spiro atoms. The van der Waals surface area contributed by atoms with Crippen molar-refractivity contribution in [2.24, 2.45) is 0 Å². The molecule has 102 valence electrons. The first-order chi connectivity index (χ1) is 8.81. The van der Waals surface area contributed by atoms with Gasteiger partial charge in [0.05, 0.1) is 6.61 Å². The first kappa shape index (κ1) is 14.8. The molecular formula is C15H25NO2. The smallest absolute Gasteiger partial charge is 0.161 e. The van der Waals surface area contributed by atoms with Gasteiger partial charge in [0, 0.05) is 6.54 Å². The fourth-order valence-electron chi connectivity index (χ4n) is 1.71. The van der Waals surface area contributed by atoms with Crippen LogP contribution in [0.25, 0.3) is 0 Å². The standard InChI is InChI=1S/C15H25NO2/c1-4-11-16-12-13(5-2)18-15-10-8-7-9-14(15)17-6-3/h7-10,13,16H,4-6,11-12H2,1-3H3. The summed E-state index contributed by atoms with van der Waals surface area (Å²) in [4.78, 5) is 0. The number of benzene rings is 1. The fraction of sp³-hybridized carbons (Fsp3) is 0.600. The predicted molar refractivity (Wildman–Crippen MR) is 75.5 cm³/mol. The van der Waals surface area contributed by atoms with E-state index in [-0.39, 0.29) is 6.10 Å². The number of rotatable bonds is 9. The van der Waals surface area contributed by atoms with Crippen molar-refractivity contribution in [2.45, 2.75) is 39.7 Å². The molecule has 1 aromatic carbocycles. The predicted octanol–water partition coefficient (Wildman–Crippen LogP) is 3.24. The van der Waals surface area contributed by atoms with Crippen LogP contribution >= 0.6 is 0 Å². The molecule has 0 aliphatic rings. The minimum Gasteiger partial charge on any atom is -0.490 e. The molecule has 3 nitrogen and oxygen atoms in total. The van der Waals surface area contributed by atoms with Crippen molar-refractivity contribution in [2.75, 3.05) is 19.7 Å². The van der Waals surface area contributed by atoms with Gasteiger partial charge in [0.15, 0.2) is 11.5 Å². The van der Waals surface area contributed by atoms with Gasteiger partial charge in [-0.2, -0.15) is 0 Å². The molecular weight excluding hydrogens is 226 g/mol. The van der Waals surface area contributed by atoms with E-state index in [0.29, 0.717) is 6.61 Å². The zero-order valence-electron chi connectivity index (χ0n) is 11.7. The second kappa shape index (κ2) is 8.81. The Balaban J connectivity index is 2.57. The third-order valence-corrected chi connectivity index (χ3v) is 2.70. The van der Waals surface area contributed by atoms with Gasteiger partial charge >= 0.3 is 0 Å². The van der Waals surface area contributed by atoms with E-state index >= 15 is 0 Å². The van der Waals surface area contributed by atoms with Crippen LogP contribution in [0.2, 0.25) is 0 Å². The summed E-state index contributed by atoms with van der Waals surface area (Å²) < 4.78 is 11.6. The molecule has 1 atom stereocenters. The lowest BCUT2D eigenvalue weighted by atomic mass is 10.2. The molecule has 18 heavy (non-hydrogen) atoms. The van der Waals surface area contributed by atoms with Crippen molar-refractivity contribution < 1.29 is 9.47 Å². The van der Waals surface area contributed by atoms with Crippen LogP contribution in [-0.4, -0.2) is 25.8 Å². The van der Waals surface area contributed by atoms with Crippen molar-refractivity contribution in [1.82, 2.24) is 5.32 Å². The summed E-state index contributed by atoms with van der Waals surface area (Å²) in [5.74, 6) is 1.67. The SMILES string of the molecule is CCCNCC(CC)Oc1ccccc1OCC. The highest BCUT2D eigenvalue weighted by Crippen LogP contribution is 2.27.